The first-order valence-electron chi connectivity index (χ1n) is 7.61. The van der Waals surface area contributed by atoms with Gasteiger partial charge in [0.2, 0.25) is 0 Å². The number of hydrogen-bond acceptors (Lipinski definition) is 4. The summed E-state index contributed by atoms with van der Waals surface area (Å²) in [4.78, 5) is 24.5. The van der Waals surface area contributed by atoms with Crippen LogP contribution in [-0.4, -0.2) is 18.0 Å². The largest absolute Gasteiger partial charge is 0.449 e. The van der Waals surface area contributed by atoms with Crippen molar-refractivity contribution >= 4 is 29.2 Å². The molecule has 0 bridgehead atoms. The van der Waals surface area contributed by atoms with Crippen molar-refractivity contribution in [3.05, 3.63) is 63.7 Å². The van der Waals surface area contributed by atoms with E-state index in [1.54, 1.807) is 18.2 Å². The predicted octanol–water partition coefficient (Wildman–Crippen LogP) is 4.01. The van der Waals surface area contributed by atoms with Gasteiger partial charge in [-0.2, -0.15) is 5.26 Å². The van der Waals surface area contributed by atoms with Crippen LogP contribution in [-0.2, 0) is 9.53 Å². The Hall–Kier alpha value is -2.84. The highest BCUT2D eigenvalue weighted by Gasteiger charge is 2.20. The molecule has 25 heavy (non-hydrogen) atoms. The van der Waals surface area contributed by atoms with Crippen LogP contribution in [0, 0.1) is 25.2 Å². The third kappa shape index (κ3) is 4.37. The molecular formula is C19H17ClN2O3. The van der Waals surface area contributed by atoms with Crippen molar-refractivity contribution < 1.29 is 14.3 Å². The van der Waals surface area contributed by atoms with Gasteiger partial charge in [0.05, 0.1) is 16.1 Å². The van der Waals surface area contributed by atoms with Gasteiger partial charge in [-0.15, -0.1) is 0 Å². The number of halogens is 1. The highest BCUT2D eigenvalue weighted by atomic mass is 35.5. The van der Waals surface area contributed by atoms with Gasteiger partial charge in [0.15, 0.2) is 6.10 Å². The maximum Gasteiger partial charge on any atom is 0.339 e. The lowest BCUT2D eigenvalue weighted by Crippen LogP contribution is -2.30. The molecule has 1 N–H and O–H groups in total. The number of nitrogens with one attached hydrogen (secondary N) is 1. The van der Waals surface area contributed by atoms with E-state index < -0.39 is 18.0 Å². The molecule has 0 heterocycles. The minimum absolute atomic E-state index is 0.236. The van der Waals surface area contributed by atoms with E-state index in [1.807, 2.05) is 26.0 Å². The molecule has 0 aliphatic carbocycles. The molecule has 0 saturated carbocycles. The van der Waals surface area contributed by atoms with Gasteiger partial charge in [-0.3, -0.25) is 4.79 Å². The number of benzene rings is 2. The normalized spacial score (nSPS) is 11.3. The van der Waals surface area contributed by atoms with Crippen molar-refractivity contribution in [1.82, 2.24) is 0 Å². The maximum atomic E-state index is 12.3. The van der Waals surface area contributed by atoms with Crippen LogP contribution >= 0.6 is 11.6 Å². The SMILES string of the molecule is Cc1cccc(C(=O)OC(C)C(=O)Nc2ccc(C#N)c(Cl)c2)c1C. The van der Waals surface area contributed by atoms with E-state index in [0.717, 1.165) is 11.1 Å². The summed E-state index contributed by atoms with van der Waals surface area (Å²) in [5.41, 5.74) is 2.96. The number of carbonyl (C=O) groups is 2. The van der Waals surface area contributed by atoms with E-state index in [4.69, 9.17) is 21.6 Å². The van der Waals surface area contributed by atoms with E-state index in [2.05, 4.69) is 5.32 Å². The Morgan fingerprint density at radius 3 is 2.60 bits per heavy atom. The van der Waals surface area contributed by atoms with Crippen LogP contribution in [0.2, 0.25) is 5.02 Å². The molecule has 1 unspecified atom stereocenters. The third-order valence-corrected chi connectivity index (χ3v) is 4.15. The number of nitriles is 1. The van der Waals surface area contributed by atoms with Crippen LogP contribution < -0.4 is 5.32 Å². The Morgan fingerprint density at radius 2 is 1.96 bits per heavy atom. The van der Waals surface area contributed by atoms with E-state index in [1.165, 1.54) is 19.1 Å². The average molecular weight is 357 g/mol. The fraction of sp³-hybridized carbons (Fsp3) is 0.211. The number of carbonyl (C=O) groups excluding carboxylic acids is 2. The summed E-state index contributed by atoms with van der Waals surface area (Å²) in [5.74, 6) is -1.04. The Kier molecular flexibility index (Phi) is 5.79. The van der Waals surface area contributed by atoms with E-state index >= 15 is 0 Å². The van der Waals surface area contributed by atoms with Gasteiger partial charge >= 0.3 is 5.97 Å². The number of aryl methyl sites for hydroxylation is 1. The molecule has 0 spiro atoms. The lowest BCUT2D eigenvalue weighted by atomic mass is 10.0. The fourth-order valence-electron chi connectivity index (χ4n) is 2.18. The van der Waals surface area contributed by atoms with Gasteiger partial charge in [0, 0.05) is 5.69 Å². The minimum Gasteiger partial charge on any atom is -0.449 e. The van der Waals surface area contributed by atoms with Gasteiger partial charge < -0.3 is 10.1 Å². The lowest BCUT2D eigenvalue weighted by molar-refractivity contribution is -0.123. The van der Waals surface area contributed by atoms with Crippen molar-refractivity contribution in [2.45, 2.75) is 26.9 Å². The molecule has 2 aromatic rings. The number of esters is 1. The molecule has 6 heteroatoms. The molecule has 0 radical (unpaired) electrons. The van der Waals surface area contributed by atoms with Crippen LogP contribution in [0.5, 0.6) is 0 Å². The second-order valence-electron chi connectivity index (χ2n) is 5.59. The summed E-state index contributed by atoms with van der Waals surface area (Å²) in [6, 6.07) is 11.8. The topological polar surface area (TPSA) is 79.2 Å². The summed E-state index contributed by atoms with van der Waals surface area (Å²) in [6.45, 7) is 5.22. The monoisotopic (exact) mass is 356 g/mol. The minimum atomic E-state index is -0.984. The van der Waals surface area contributed by atoms with Gasteiger partial charge in [0.1, 0.15) is 6.07 Å². The Bertz CT molecular complexity index is 871. The summed E-state index contributed by atoms with van der Waals surface area (Å²) >= 11 is 5.93. The highest BCUT2D eigenvalue weighted by Crippen LogP contribution is 2.21. The molecule has 0 fully saturated rings. The Labute approximate surface area is 151 Å². The van der Waals surface area contributed by atoms with E-state index in [9.17, 15) is 9.59 Å². The summed E-state index contributed by atoms with van der Waals surface area (Å²) in [6.07, 6.45) is -0.984. The molecule has 0 aromatic heterocycles. The lowest BCUT2D eigenvalue weighted by Gasteiger charge is -2.15. The smallest absolute Gasteiger partial charge is 0.339 e. The maximum absolute atomic E-state index is 12.3. The summed E-state index contributed by atoms with van der Waals surface area (Å²) in [7, 11) is 0. The first kappa shape index (κ1) is 18.5. The number of hydrogen-bond donors (Lipinski definition) is 1. The predicted molar refractivity (Wildman–Crippen MR) is 95.6 cm³/mol. The molecule has 0 aliphatic rings. The Balaban J connectivity index is 2.05. The van der Waals surface area contributed by atoms with Gasteiger partial charge in [-0.25, -0.2) is 4.79 Å². The molecule has 5 nitrogen and oxygen atoms in total. The molecule has 2 rings (SSSR count). The number of nitrogens with zero attached hydrogens (tertiary/aromatic N) is 1. The molecule has 1 atom stereocenters. The van der Waals surface area contributed by atoms with Gasteiger partial charge in [0.25, 0.3) is 5.91 Å². The highest BCUT2D eigenvalue weighted by molar-refractivity contribution is 6.32. The van der Waals surface area contributed by atoms with Crippen molar-refractivity contribution in [2.24, 2.45) is 0 Å². The number of ether oxygens (including phenoxy) is 1. The zero-order chi connectivity index (χ0) is 18.6. The molecular weight excluding hydrogens is 340 g/mol. The first-order valence-corrected chi connectivity index (χ1v) is 7.99. The van der Waals surface area contributed by atoms with Gasteiger partial charge in [-0.05, 0) is 56.2 Å². The molecule has 0 saturated heterocycles. The van der Waals surface area contributed by atoms with Crippen molar-refractivity contribution in [1.29, 1.82) is 5.26 Å². The van der Waals surface area contributed by atoms with E-state index in [-0.39, 0.29) is 5.02 Å². The van der Waals surface area contributed by atoms with Crippen LogP contribution in [0.4, 0.5) is 5.69 Å². The second-order valence-corrected chi connectivity index (χ2v) is 6.00. The van der Waals surface area contributed by atoms with Gasteiger partial charge in [-0.1, -0.05) is 23.7 Å². The standard InChI is InChI=1S/C19H17ClN2O3/c1-11-5-4-6-16(12(11)2)19(24)25-13(3)18(23)22-15-8-7-14(10-21)17(20)9-15/h4-9,13H,1-3H3,(H,22,23). The van der Waals surface area contributed by atoms with Crippen molar-refractivity contribution in [3.8, 4) is 6.07 Å². The van der Waals surface area contributed by atoms with Crippen LogP contribution in [0.1, 0.15) is 34.0 Å². The van der Waals surface area contributed by atoms with E-state index in [0.29, 0.717) is 16.8 Å². The van der Waals surface area contributed by atoms with Crippen LogP contribution in [0.3, 0.4) is 0 Å². The number of rotatable bonds is 4. The van der Waals surface area contributed by atoms with Crippen LogP contribution in [0.15, 0.2) is 36.4 Å². The molecule has 128 valence electrons. The van der Waals surface area contributed by atoms with Crippen LogP contribution in [0.25, 0.3) is 0 Å². The van der Waals surface area contributed by atoms with Crippen molar-refractivity contribution in [3.63, 3.8) is 0 Å². The molecule has 2 aromatic carbocycles. The summed E-state index contributed by atoms with van der Waals surface area (Å²) < 4.78 is 5.25. The second kappa shape index (κ2) is 7.82. The molecule has 1 amide bonds. The Morgan fingerprint density at radius 1 is 1.24 bits per heavy atom. The third-order valence-electron chi connectivity index (χ3n) is 3.83. The quantitative estimate of drug-likeness (QED) is 0.839. The fourth-order valence-corrected chi connectivity index (χ4v) is 2.40. The summed E-state index contributed by atoms with van der Waals surface area (Å²) in [5, 5.41) is 11.7. The number of anilines is 1. The molecule has 0 aliphatic heterocycles. The zero-order valence-electron chi connectivity index (χ0n) is 14.1. The first-order chi connectivity index (χ1) is 11.8. The average Bonchev–Trinajstić information content (AvgIpc) is 2.57. The number of amides is 1. The zero-order valence-corrected chi connectivity index (χ0v) is 14.8. The van der Waals surface area contributed by atoms with Crippen molar-refractivity contribution in [2.75, 3.05) is 5.32 Å².